The van der Waals surface area contributed by atoms with Crippen LogP contribution in [0.25, 0.3) is 0 Å². The molecule has 0 saturated carbocycles. The van der Waals surface area contributed by atoms with Gasteiger partial charge in [0.2, 0.25) is 0 Å². The molecule has 0 amide bonds. The normalized spacial score (nSPS) is 12.7. The van der Waals surface area contributed by atoms with Gasteiger partial charge in [-0.15, -0.1) is 0 Å². The first-order valence-corrected chi connectivity index (χ1v) is 6.40. The molecular formula is C14H16ClFN2O. The molecule has 0 spiro atoms. The van der Waals surface area contributed by atoms with E-state index in [4.69, 9.17) is 11.6 Å². The van der Waals surface area contributed by atoms with Gasteiger partial charge in [-0.05, 0) is 37.1 Å². The Labute approximate surface area is 116 Å². The Morgan fingerprint density at radius 1 is 1.42 bits per heavy atom. The highest BCUT2D eigenvalue weighted by atomic mass is 35.5. The Hall–Kier alpha value is -1.39. The number of hydrogen-bond donors (Lipinski definition) is 1. The third-order valence-corrected chi connectivity index (χ3v) is 3.73. The molecule has 1 aromatic carbocycles. The first-order chi connectivity index (χ1) is 8.90. The third kappa shape index (κ3) is 2.80. The summed E-state index contributed by atoms with van der Waals surface area (Å²) in [7, 11) is 1.79. The summed E-state index contributed by atoms with van der Waals surface area (Å²) in [4.78, 5) is 0. The van der Waals surface area contributed by atoms with Crippen molar-refractivity contribution in [2.75, 3.05) is 0 Å². The highest BCUT2D eigenvalue weighted by molar-refractivity contribution is 6.31. The Bertz CT molecular complexity index is 610. The maximum atomic E-state index is 13.1. The Balaban J connectivity index is 2.28. The Morgan fingerprint density at radius 2 is 2.11 bits per heavy atom. The van der Waals surface area contributed by atoms with Crippen molar-refractivity contribution in [2.45, 2.75) is 26.4 Å². The van der Waals surface area contributed by atoms with E-state index in [-0.39, 0.29) is 5.82 Å². The lowest BCUT2D eigenvalue weighted by molar-refractivity contribution is 0.175. The lowest BCUT2D eigenvalue weighted by Gasteiger charge is -2.14. The molecule has 0 aliphatic heterocycles. The van der Waals surface area contributed by atoms with Gasteiger partial charge >= 0.3 is 0 Å². The van der Waals surface area contributed by atoms with E-state index in [0.717, 1.165) is 17.0 Å². The average Bonchev–Trinajstić information content (AvgIpc) is 2.56. The van der Waals surface area contributed by atoms with Crippen molar-refractivity contribution in [1.29, 1.82) is 0 Å². The average molecular weight is 283 g/mol. The molecule has 2 aromatic rings. The molecule has 1 atom stereocenters. The second-order valence-corrected chi connectivity index (χ2v) is 5.07. The summed E-state index contributed by atoms with van der Waals surface area (Å²) in [5.41, 5.74) is 2.94. The van der Waals surface area contributed by atoms with Gasteiger partial charge in [0.05, 0.1) is 22.5 Å². The SMILES string of the molecule is Cc1cc(F)ccc1C(O)Cc1c(Cl)c(C)nn1C. The van der Waals surface area contributed by atoms with Gasteiger partial charge in [-0.25, -0.2) is 4.39 Å². The maximum absolute atomic E-state index is 13.1. The topological polar surface area (TPSA) is 38.1 Å². The van der Waals surface area contributed by atoms with E-state index in [1.165, 1.54) is 12.1 Å². The summed E-state index contributed by atoms with van der Waals surface area (Å²) in [6, 6.07) is 4.36. The first-order valence-electron chi connectivity index (χ1n) is 6.02. The number of benzene rings is 1. The summed E-state index contributed by atoms with van der Waals surface area (Å²) >= 11 is 6.16. The molecule has 1 unspecified atom stereocenters. The summed E-state index contributed by atoms with van der Waals surface area (Å²) < 4.78 is 14.7. The number of hydrogen-bond acceptors (Lipinski definition) is 2. The smallest absolute Gasteiger partial charge is 0.123 e. The van der Waals surface area contributed by atoms with Gasteiger partial charge in [0.15, 0.2) is 0 Å². The minimum Gasteiger partial charge on any atom is -0.388 e. The molecule has 19 heavy (non-hydrogen) atoms. The summed E-state index contributed by atoms with van der Waals surface area (Å²) in [6.45, 7) is 3.60. The standard InChI is InChI=1S/C14H16ClFN2O/c1-8-6-10(16)4-5-11(8)13(19)7-12-14(15)9(2)17-18(12)3/h4-6,13,19H,7H2,1-3H3. The fourth-order valence-corrected chi connectivity index (χ4v) is 2.45. The van der Waals surface area contributed by atoms with Gasteiger partial charge in [-0.3, -0.25) is 4.68 Å². The van der Waals surface area contributed by atoms with Crippen molar-refractivity contribution in [3.8, 4) is 0 Å². The lowest BCUT2D eigenvalue weighted by Crippen LogP contribution is -2.08. The monoisotopic (exact) mass is 282 g/mol. The van der Waals surface area contributed by atoms with Crippen LogP contribution in [0.4, 0.5) is 4.39 Å². The molecule has 3 nitrogen and oxygen atoms in total. The van der Waals surface area contributed by atoms with Gasteiger partial charge in [0, 0.05) is 13.5 Å². The van der Waals surface area contributed by atoms with E-state index in [9.17, 15) is 9.50 Å². The third-order valence-electron chi connectivity index (χ3n) is 3.24. The molecular weight excluding hydrogens is 267 g/mol. The van der Waals surface area contributed by atoms with Crippen LogP contribution in [0.5, 0.6) is 0 Å². The molecule has 102 valence electrons. The van der Waals surface area contributed by atoms with E-state index in [0.29, 0.717) is 17.0 Å². The van der Waals surface area contributed by atoms with Crippen molar-refractivity contribution in [3.05, 3.63) is 51.6 Å². The van der Waals surface area contributed by atoms with Crippen molar-refractivity contribution in [1.82, 2.24) is 9.78 Å². The van der Waals surface area contributed by atoms with Gasteiger partial charge in [0.1, 0.15) is 5.82 Å². The van der Waals surface area contributed by atoms with Crippen LogP contribution in [0.2, 0.25) is 5.02 Å². The van der Waals surface area contributed by atoms with Crippen LogP contribution in [0.15, 0.2) is 18.2 Å². The number of aliphatic hydroxyl groups excluding tert-OH is 1. The Kier molecular flexibility index (Phi) is 3.92. The van der Waals surface area contributed by atoms with E-state index < -0.39 is 6.10 Å². The van der Waals surface area contributed by atoms with Gasteiger partial charge < -0.3 is 5.11 Å². The van der Waals surface area contributed by atoms with Crippen LogP contribution in [-0.2, 0) is 13.5 Å². The number of aryl methyl sites for hydroxylation is 3. The van der Waals surface area contributed by atoms with Crippen molar-refractivity contribution < 1.29 is 9.50 Å². The molecule has 0 saturated heterocycles. The van der Waals surface area contributed by atoms with E-state index >= 15 is 0 Å². The van der Waals surface area contributed by atoms with E-state index in [2.05, 4.69) is 5.10 Å². The van der Waals surface area contributed by atoms with Crippen LogP contribution in [0.3, 0.4) is 0 Å². The van der Waals surface area contributed by atoms with Gasteiger partial charge in [-0.1, -0.05) is 17.7 Å². The van der Waals surface area contributed by atoms with Gasteiger partial charge in [0.25, 0.3) is 0 Å². The molecule has 0 radical (unpaired) electrons. The quantitative estimate of drug-likeness (QED) is 0.939. The molecule has 0 aliphatic rings. The van der Waals surface area contributed by atoms with Crippen LogP contribution in [0, 0.1) is 19.7 Å². The van der Waals surface area contributed by atoms with Crippen LogP contribution in [-0.4, -0.2) is 14.9 Å². The fourth-order valence-electron chi connectivity index (χ4n) is 2.21. The predicted molar refractivity (Wildman–Crippen MR) is 72.8 cm³/mol. The molecule has 1 N–H and O–H groups in total. The Morgan fingerprint density at radius 3 is 2.63 bits per heavy atom. The summed E-state index contributed by atoms with van der Waals surface area (Å²) in [5, 5.41) is 15.1. The highest BCUT2D eigenvalue weighted by Crippen LogP contribution is 2.27. The number of nitrogens with zero attached hydrogens (tertiary/aromatic N) is 2. The van der Waals surface area contributed by atoms with E-state index in [1.807, 2.05) is 6.92 Å². The zero-order valence-corrected chi connectivity index (χ0v) is 11.9. The highest BCUT2D eigenvalue weighted by Gasteiger charge is 2.18. The number of aromatic nitrogens is 2. The summed E-state index contributed by atoms with van der Waals surface area (Å²) in [5.74, 6) is -0.303. The maximum Gasteiger partial charge on any atom is 0.123 e. The number of aliphatic hydroxyl groups is 1. The zero-order chi connectivity index (χ0) is 14.2. The van der Waals surface area contributed by atoms with Gasteiger partial charge in [-0.2, -0.15) is 5.10 Å². The molecule has 0 fully saturated rings. The van der Waals surface area contributed by atoms with Crippen LogP contribution < -0.4 is 0 Å². The first kappa shape index (κ1) is 14.0. The summed E-state index contributed by atoms with van der Waals surface area (Å²) in [6.07, 6.45) is -0.379. The molecule has 5 heteroatoms. The lowest BCUT2D eigenvalue weighted by atomic mass is 10.00. The van der Waals surface area contributed by atoms with E-state index in [1.54, 1.807) is 24.7 Å². The number of halogens is 2. The van der Waals surface area contributed by atoms with Crippen molar-refractivity contribution in [2.24, 2.45) is 7.05 Å². The molecule has 2 rings (SSSR count). The van der Waals surface area contributed by atoms with Crippen molar-refractivity contribution >= 4 is 11.6 Å². The molecule has 1 aromatic heterocycles. The molecule has 1 heterocycles. The molecule has 0 bridgehead atoms. The second kappa shape index (κ2) is 5.31. The van der Waals surface area contributed by atoms with Crippen molar-refractivity contribution in [3.63, 3.8) is 0 Å². The number of rotatable bonds is 3. The largest absolute Gasteiger partial charge is 0.388 e. The molecule has 0 aliphatic carbocycles. The zero-order valence-electron chi connectivity index (χ0n) is 11.1. The minimum atomic E-state index is -0.729. The minimum absolute atomic E-state index is 0.303. The van der Waals surface area contributed by atoms with Crippen LogP contribution >= 0.6 is 11.6 Å². The van der Waals surface area contributed by atoms with Crippen LogP contribution in [0.1, 0.15) is 28.6 Å². The predicted octanol–water partition coefficient (Wildman–Crippen LogP) is 3.11. The fraction of sp³-hybridized carbons (Fsp3) is 0.357. The second-order valence-electron chi connectivity index (χ2n) is 4.69.